The van der Waals surface area contributed by atoms with Gasteiger partial charge in [-0.1, -0.05) is 0 Å². The van der Waals surface area contributed by atoms with Gasteiger partial charge >= 0.3 is 5.97 Å². The summed E-state index contributed by atoms with van der Waals surface area (Å²) in [6, 6.07) is -1.27. The van der Waals surface area contributed by atoms with E-state index in [0.29, 0.717) is 12.8 Å². The molecule has 0 aromatic heterocycles. The number of hydrogen-bond acceptors (Lipinski definition) is 5. The van der Waals surface area contributed by atoms with Gasteiger partial charge in [-0.25, -0.2) is 4.79 Å². The van der Waals surface area contributed by atoms with Crippen molar-refractivity contribution in [3.63, 3.8) is 0 Å². The Balaban J connectivity index is 2.25. The highest BCUT2D eigenvalue weighted by molar-refractivity contribution is 6.05. The van der Waals surface area contributed by atoms with E-state index in [-0.39, 0.29) is 6.61 Å². The van der Waals surface area contributed by atoms with Crippen LogP contribution in [0.15, 0.2) is 0 Å². The molecule has 1 N–H and O–H groups in total. The molecule has 2 heterocycles. The van der Waals surface area contributed by atoms with E-state index in [0.717, 1.165) is 4.90 Å². The van der Waals surface area contributed by atoms with Crippen molar-refractivity contribution in [2.75, 3.05) is 13.7 Å². The molecule has 2 aliphatic heterocycles. The third kappa shape index (κ3) is 1.91. The third-order valence-electron chi connectivity index (χ3n) is 2.97. The molecule has 0 aromatic carbocycles. The van der Waals surface area contributed by atoms with Crippen LogP contribution in [0.5, 0.6) is 0 Å². The van der Waals surface area contributed by atoms with Crippen molar-refractivity contribution in [3.8, 4) is 0 Å². The van der Waals surface area contributed by atoms with Crippen molar-refractivity contribution in [1.29, 1.82) is 0 Å². The number of carboxylic acids is 1. The molecule has 2 fully saturated rings. The van der Waals surface area contributed by atoms with Gasteiger partial charge in [0, 0.05) is 7.11 Å². The van der Waals surface area contributed by atoms with E-state index < -0.39 is 36.0 Å². The van der Waals surface area contributed by atoms with E-state index in [2.05, 4.69) is 0 Å². The maximum atomic E-state index is 11.9. The van der Waals surface area contributed by atoms with E-state index in [1.807, 2.05) is 0 Å². The van der Waals surface area contributed by atoms with E-state index in [1.54, 1.807) is 0 Å². The van der Waals surface area contributed by atoms with E-state index >= 15 is 0 Å². The third-order valence-corrected chi connectivity index (χ3v) is 2.97. The standard InChI is InChI=1S/C10H13NO6/c1-16-4-5(10(14)15)11-8(12)6-2-3-7(17-6)9(11)13/h5-7H,2-4H2,1H3,(H,14,15). The molecule has 2 rings (SSSR count). The first-order valence-electron chi connectivity index (χ1n) is 5.30. The zero-order valence-electron chi connectivity index (χ0n) is 9.29. The highest BCUT2D eigenvalue weighted by Crippen LogP contribution is 2.29. The summed E-state index contributed by atoms with van der Waals surface area (Å²) in [6.07, 6.45) is -0.441. The number of amides is 2. The lowest BCUT2D eigenvalue weighted by Crippen LogP contribution is -2.59. The summed E-state index contributed by atoms with van der Waals surface area (Å²) in [5.41, 5.74) is 0. The maximum Gasteiger partial charge on any atom is 0.329 e. The largest absolute Gasteiger partial charge is 0.480 e. The van der Waals surface area contributed by atoms with E-state index in [9.17, 15) is 14.4 Å². The number of rotatable bonds is 4. The Morgan fingerprint density at radius 1 is 1.47 bits per heavy atom. The summed E-state index contributed by atoms with van der Waals surface area (Å²) >= 11 is 0. The van der Waals surface area contributed by atoms with Crippen LogP contribution in [0.3, 0.4) is 0 Å². The van der Waals surface area contributed by atoms with Gasteiger partial charge < -0.3 is 14.6 Å². The molecule has 2 saturated heterocycles. The van der Waals surface area contributed by atoms with Crippen LogP contribution in [-0.4, -0.2) is 59.8 Å². The van der Waals surface area contributed by atoms with Crippen molar-refractivity contribution in [1.82, 2.24) is 4.90 Å². The molecule has 17 heavy (non-hydrogen) atoms. The average Bonchev–Trinajstić information content (AvgIpc) is 2.72. The Labute approximate surface area is 97.3 Å². The number of imide groups is 1. The Bertz CT molecular complexity index is 346. The van der Waals surface area contributed by atoms with Gasteiger partial charge in [-0.05, 0) is 12.8 Å². The zero-order chi connectivity index (χ0) is 12.6. The van der Waals surface area contributed by atoms with Gasteiger partial charge in [0.15, 0.2) is 6.04 Å². The van der Waals surface area contributed by atoms with Gasteiger partial charge in [-0.2, -0.15) is 0 Å². The molecule has 2 aliphatic rings. The molecule has 0 aliphatic carbocycles. The van der Waals surface area contributed by atoms with Crippen molar-refractivity contribution in [3.05, 3.63) is 0 Å². The molecule has 0 saturated carbocycles. The Morgan fingerprint density at radius 2 is 2.00 bits per heavy atom. The number of ether oxygens (including phenoxy) is 2. The topological polar surface area (TPSA) is 93.1 Å². The summed E-state index contributed by atoms with van der Waals surface area (Å²) in [5.74, 6) is -2.41. The van der Waals surface area contributed by atoms with Crippen LogP contribution in [0.1, 0.15) is 12.8 Å². The maximum absolute atomic E-state index is 11.9. The fourth-order valence-corrected chi connectivity index (χ4v) is 2.14. The summed E-state index contributed by atoms with van der Waals surface area (Å²) in [7, 11) is 1.32. The minimum atomic E-state index is -1.27. The van der Waals surface area contributed by atoms with Crippen molar-refractivity contribution < 1.29 is 29.0 Å². The molecular weight excluding hydrogens is 230 g/mol. The lowest BCUT2D eigenvalue weighted by atomic mass is 10.2. The Hall–Kier alpha value is -1.47. The smallest absolute Gasteiger partial charge is 0.329 e. The number of carbonyl (C=O) groups is 3. The molecule has 3 atom stereocenters. The molecule has 2 bridgehead atoms. The lowest BCUT2D eigenvalue weighted by Gasteiger charge is -2.33. The Kier molecular flexibility index (Phi) is 3.12. The average molecular weight is 243 g/mol. The van der Waals surface area contributed by atoms with Gasteiger partial charge in [-0.15, -0.1) is 0 Å². The molecular formula is C10H13NO6. The van der Waals surface area contributed by atoms with Crippen molar-refractivity contribution in [2.24, 2.45) is 0 Å². The minimum absolute atomic E-state index is 0.216. The number of hydrogen-bond donors (Lipinski definition) is 1. The fourth-order valence-electron chi connectivity index (χ4n) is 2.14. The number of aliphatic carboxylic acids is 1. The van der Waals surface area contributed by atoms with Crippen LogP contribution in [0.4, 0.5) is 0 Å². The van der Waals surface area contributed by atoms with Crippen molar-refractivity contribution in [2.45, 2.75) is 31.1 Å². The summed E-state index contributed by atoms with van der Waals surface area (Å²) in [4.78, 5) is 35.6. The first-order chi connectivity index (χ1) is 8.06. The van der Waals surface area contributed by atoms with E-state index in [4.69, 9.17) is 14.6 Å². The minimum Gasteiger partial charge on any atom is -0.480 e. The van der Waals surface area contributed by atoms with Gasteiger partial charge in [-0.3, -0.25) is 14.5 Å². The van der Waals surface area contributed by atoms with Crippen LogP contribution in [0.2, 0.25) is 0 Å². The second-order valence-corrected chi connectivity index (χ2v) is 4.05. The Morgan fingerprint density at radius 3 is 2.41 bits per heavy atom. The number of methoxy groups -OCH3 is 1. The van der Waals surface area contributed by atoms with Crippen LogP contribution in [-0.2, 0) is 23.9 Å². The lowest BCUT2D eigenvalue weighted by molar-refractivity contribution is -0.178. The highest BCUT2D eigenvalue weighted by atomic mass is 16.5. The molecule has 7 heteroatoms. The van der Waals surface area contributed by atoms with E-state index in [1.165, 1.54) is 7.11 Å². The van der Waals surface area contributed by atoms with Crippen molar-refractivity contribution >= 4 is 17.8 Å². The molecule has 94 valence electrons. The summed E-state index contributed by atoms with van der Waals surface area (Å²) in [5, 5.41) is 9.02. The molecule has 0 aromatic rings. The number of likely N-dealkylation sites (tertiary alicyclic amines) is 1. The predicted octanol–water partition coefficient (Wildman–Crippen LogP) is -0.998. The van der Waals surface area contributed by atoms with Gasteiger partial charge in [0.05, 0.1) is 6.61 Å². The molecule has 2 amide bonds. The molecule has 3 unspecified atom stereocenters. The number of nitrogens with zero attached hydrogens (tertiary/aromatic N) is 1. The monoisotopic (exact) mass is 243 g/mol. The fraction of sp³-hybridized carbons (Fsp3) is 0.700. The molecule has 0 spiro atoms. The number of carbonyl (C=O) groups excluding carboxylic acids is 2. The first kappa shape index (κ1) is 12.0. The first-order valence-corrected chi connectivity index (χ1v) is 5.30. The van der Waals surface area contributed by atoms with Crippen LogP contribution < -0.4 is 0 Å². The second kappa shape index (κ2) is 4.42. The zero-order valence-corrected chi connectivity index (χ0v) is 9.29. The quantitative estimate of drug-likeness (QED) is 0.637. The second-order valence-electron chi connectivity index (χ2n) is 4.05. The predicted molar refractivity (Wildman–Crippen MR) is 53.0 cm³/mol. The normalized spacial score (nSPS) is 29.6. The summed E-state index contributed by atoms with van der Waals surface area (Å²) < 4.78 is 9.92. The number of carboxylic acid groups (broad SMARTS) is 1. The van der Waals surface area contributed by atoms with Crippen LogP contribution in [0, 0.1) is 0 Å². The summed E-state index contributed by atoms with van der Waals surface area (Å²) in [6.45, 7) is -0.216. The highest BCUT2D eigenvalue weighted by Gasteiger charge is 2.50. The van der Waals surface area contributed by atoms with Crippen LogP contribution >= 0.6 is 0 Å². The molecule has 7 nitrogen and oxygen atoms in total. The SMILES string of the molecule is COCC(C(=O)O)N1C(=O)C2CCC(O2)C1=O. The number of fused-ring (bicyclic) bond motifs is 2. The number of morpholine rings is 1. The van der Waals surface area contributed by atoms with Gasteiger partial charge in [0.1, 0.15) is 12.2 Å². The van der Waals surface area contributed by atoms with Gasteiger partial charge in [0.25, 0.3) is 11.8 Å². The molecule has 0 radical (unpaired) electrons. The van der Waals surface area contributed by atoms with Crippen LogP contribution in [0.25, 0.3) is 0 Å². The van der Waals surface area contributed by atoms with Gasteiger partial charge in [0.2, 0.25) is 0 Å².